The summed E-state index contributed by atoms with van der Waals surface area (Å²) in [6.45, 7) is 13.4. The number of carbonyl (C=O) groups is 1. The van der Waals surface area contributed by atoms with Crippen LogP contribution in [0.15, 0.2) is 17.7 Å². The molecule has 0 aliphatic heterocycles. The van der Waals surface area contributed by atoms with Crippen LogP contribution in [0.25, 0.3) is 10.6 Å². The van der Waals surface area contributed by atoms with Crippen LogP contribution in [0.3, 0.4) is 0 Å². The normalized spacial score (nSPS) is 20.6. The van der Waals surface area contributed by atoms with Gasteiger partial charge in [0, 0.05) is 27.6 Å². The van der Waals surface area contributed by atoms with E-state index >= 15 is 0 Å². The summed E-state index contributed by atoms with van der Waals surface area (Å²) in [6, 6.07) is 4.61. The van der Waals surface area contributed by atoms with Gasteiger partial charge in [0.25, 0.3) is 0 Å². The number of aryl methyl sites for hydroxylation is 2. The Labute approximate surface area is 175 Å². The van der Waals surface area contributed by atoms with Crippen LogP contribution in [-0.2, 0) is 26.5 Å². The van der Waals surface area contributed by atoms with Gasteiger partial charge in [-0.05, 0) is 76.6 Å². The van der Waals surface area contributed by atoms with E-state index in [2.05, 4.69) is 52.9 Å². The fraction of sp³-hybridized carbons (Fsp3) is 0.591. The Morgan fingerprint density at radius 2 is 1.65 bits per heavy atom. The number of nitrogens with zero attached hydrogens (tertiary/aromatic N) is 1. The van der Waals surface area contributed by atoms with Crippen LogP contribution in [0.1, 0.15) is 73.7 Å². The number of carbonyl (C=O) groups excluding carboxylic acids is 1. The summed E-state index contributed by atoms with van der Waals surface area (Å²) in [6.07, 6.45) is 5.74. The van der Waals surface area contributed by atoms with Crippen LogP contribution in [0.4, 0.5) is 0 Å². The van der Waals surface area contributed by atoms with Gasteiger partial charge in [0.05, 0.1) is 5.91 Å². The second-order valence-corrected chi connectivity index (χ2v) is 12.8. The molecule has 0 spiro atoms. The van der Waals surface area contributed by atoms with Crippen molar-refractivity contribution < 1.29 is 26.5 Å². The molecule has 1 saturated carbocycles. The van der Waals surface area contributed by atoms with Gasteiger partial charge in [0.1, 0.15) is 0 Å². The molecule has 4 heteroatoms. The van der Waals surface area contributed by atoms with Gasteiger partial charge in [0.15, 0.2) is 0 Å². The molecule has 2 aliphatic carbocycles. The fourth-order valence-electron chi connectivity index (χ4n) is 5.09. The second kappa shape index (κ2) is 8.16. The minimum atomic E-state index is -2.10. The molecule has 0 aromatic heterocycles. The summed E-state index contributed by atoms with van der Waals surface area (Å²) in [4.78, 5) is 17.8. The van der Waals surface area contributed by atoms with E-state index in [1.54, 1.807) is 0 Å². The van der Waals surface area contributed by atoms with E-state index in [9.17, 15) is 4.79 Å². The third kappa shape index (κ3) is 3.95. The van der Waals surface area contributed by atoms with Gasteiger partial charge in [-0.3, -0.25) is 0 Å². The monoisotopic (exact) mass is 402 g/mol. The maximum Gasteiger partial charge on any atom is 0.0529 e. The Morgan fingerprint density at radius 1 is 1.04 bits per heavy atom. The van der Waals surface area contributed by atoms with Gasteiger partial charge in [-0.2, -0.15) is 0 Å². The van der Waals surface area contributed by atoms with Gasteiger partial charge in [-0.25, -0.2) is 0 Å². The molecule has 0 saturated heterocycles. The third-order valence-electron chi connectivity index (χ3n) is 6.28. The molecule has 2 nitrogen and oxygen atoms in total. The first-order valence-electron chi connectivity index (χ1n) is 9.78. The van der Waals surface area contributed by atoms with Gasteiger partial charge >= 0.3 is 0 Å². The van der Waals surface area contributed by atoms with Crippen LogP contribution in [0.2, 0.25) is 13.1 Å². The molecule has 3 rings (SSSR count). The first-order valence-corrected chi connectivity index (χ1v) is 12.8. The van der Waals surface area contributed by atoms with E-state index in [-0.39, 0.29) is 33.5 Å². The number of fused-ring (bicyclic) bond motifs is 1. The van der Waals surface area contributed by atoms with E-state index in [1.165, 1.54) is 52.7 Å². The van der Waals surface area contributed by atoms with Crippen molar-refractivity contribution in [1.29, 1.82) is 0 Å². The Kier molecular flexibility index (Phi) is 6.80. The fourth-order valence-corrected chi connectivity index (χ4v) is 8.23. The van der Waals surface area contributed by atoms with Crippen LogP contribution < -0.4 is 0 Å². The predicted molar refractivity (Wildman–Crippen MR) is 109 cm³/mol. The van der Waals surface area contributed by atoms with E-state index in [0.717, 1.165) is 12.8 Å². The van der Waals surface area contributed by atoms with E-state index in [4.69, 9.17) is 4.98 Å². The molecular formula is C22H32NOSiTi-. The number of allylic oxidation sites excluding steroid dienone is 2. The summed E-state index contributed by atoms with van der Waals surface area (Å²) >= 11 is 0. The Balaban J connectivity index is 0.00000243. The number of hydrogen-bond acceptors (Lipinski definition) is 1. The topological polar surface area (TPSA) is 31.2 Å². The molecule has 0 bridgehead atoms. The molecule has 0 radical (unpaired) electrons. The van der Waals surface area contributed by atoms with E-state index in [0.29, 0.717) is 5.54 Å². The third-order valence-corrected chi connectivity index (χ3v) is 9.23. The van der Waals surface area contributed by atoms with Crippen molar-refractivity contribution in [2.45, 2.75) is 78.4 Å². The number of benzene rings is 1. The van der Waals surface area contributed by atoms with Crippen molar-refractivity contribution in [3.63, 3.8) is 0 Å². The zero-order valence-corrected chi connectivity index (χ0v) is 19.8. The zero-order valence-electron chi connectivity index (χ0n) is 17.2. The summed E-state index contributed by atoms with van der Waals surface area (Å²) in [5.41, 5.74) is 8.68. The Hall–Kier alpha value is -0.639. The van der Waals surface area contributed by atoms with Crippen molar-refractivity contribution in [2.24, 2.45) is 5.92 Å². The summed E-state index contributed by atoms with van der Waals surface area (Å²) in [5, 5.41) is 0. The van der Waals surface area contributed by atoms with Gasteiger partial charge in [-0.1, -0.05) is 55.6 Å². The summed E-state index contributed by atoms with van der Waals surface area (Å²) in [5.74, 6) is 0.380. The largest absolute Gasteiger partial charge is 0.655 e. The van der Waals surface area contributed by atoms with Gasteiger partial charge in [-0.15, -0.1) is 0 Å². The van der Waals surface area contributed by atoms with Crippen molar-refractivity contribution in [3.05, 3.63) is 44.9 Å². The van der Waals surface area contributed by atoms with Gasteiger partial charge < -0.3 is 9.78 Å². The molecule has 140 valence electrons. The van der Waals surface area contributed by atoms with Crippen LogP contribution >= 0.6 is 0 Å². The van der Waals surface area contributed by atoms with E-state index in [1.807, 2.05) is 0 Å². The first-order chi connectivity index (χ1) is 11.7. The second-order valence-electron chi connectivity index (χ2n) is 8.73. The maximum absolute atomic E-state index is 12.9. The first kappa shape index (κ1) is 21.7. The van der Waals surface area contributed by atoms with E-state index < -0.39 is 8.24 Å². The molecule has 26 heavy (non-hydrogen) atoms. The average molecular weight is 402 g/mol. The minimum Gasteiger partial charge on any atom is -0.655 e. The Morgan fingerprint density at radius 3 is 2.27 bits per heavy atom. The molecule has 1 unspecified atom stereocenters. The molecule has 1 fully saturated rings. The summed E-state index contributed by atoms with van der Waals surface area (Å²) < 4.78 is 0. The Bertz CT molecular complexity index is 732. The molecule has 1 amide bonds. The maximum atomic E-state index is 12.9. The van der Waals surface area contributed by atoms with Crippen molar-refractivity contribution in [3.8, 4) is 0 Å². The molecular weight excluding hydrogens is 370 g/mol. The molecule has 1 atom stereocenters. The quantitative estimate of drug-likeness (QED) is 0.537. The SMILES string of the molecule is CC1=C(C)C([Si](C)(C)[N-]C(=O)C2CCCCC2)c2cc(C)cc(C)c21.[Ti]. The average Bonchev–Trinajstić information content (AvgIpc) is 2.79. The molecule has 1 aromatic rings. The van der Waals surface area contributed by atoms with Crippen LogP contribution in [0.5, 0.6) is 0 Å². The standard InChI is InChI=1S/C22H33NOSi.Ti/c1-14-12-15(2)20-16(3)17(4)21(19(20)13-14)25(5,6)23-22(24)18-10-8-7-9-11-18;/h12-13,18,21H,7-11H2,1-6H3,(H,23,24);/p-1. The number of rotatable bonds is 3. The van der Waals surface area contributed by atoms with Crippen molar-refractivity contribution in [2.75, 3.05) is 0 Å². The number of amides is 1. The van der Waals surface area contributed by atoms with Crippen molar-refractivity contribution in [1.82, 2.24) is 0 Å². The molecule has 2 aliphatic rings. The van der Waals surface area contributed by atoms with Crippen LogP contribution in [0, 0.1) is 19.8 Å². The van der Waals surface area contributed by atoms with Crippen molar-refractivity contribution >= 4 is 19.7 Å². The van der Waals surface area contributed by atoms with Crippen LogP contribution in [-0.4, -0.2) is 14.1 Å². The molecule has 0 heterocycles. The number of hydrogen-bond donors (Lipinski definition) is 0. The van der Waals surface area contributed by atoms with Gasteiger partial charge in [0.2, 0.25) is 0 Å². The zero-order chi connectivity index (χ0) is 18.4. The predicted octanol–water partition coefficient (Wildman–Crippen LogP) is 6.42. The molecule has 0 N–H and O–H groups in total. The summed E-state index contributed by atoms with van der Waals surface area (Å²) in [7, 11) is -2.10. The molecule has 1 aromatic carbocycles. The minimum absolute atomic E-state index is 0. The smallest absolute Gasteiger partial charge is 0.0529 e.